The summed E-state index contributed by atoms with van der Waals surface area (Å²) in [6.45, 7) is 1.95. The largest absolute Gasteiger partial charge is 0.465 e. The minimum Gasteiger partial charge on any atom is -0.465 e. The van der Waals surface area contributed by atoms with Crippen LogP contribution in [0.25, 0.3) is 16.8 Å². The summed E-state index contributed by atoms with van der Waals surface area (Å²) < 4.78 is 5.19. The van der Waals surface area contributed by atoms with Gasteiger partial charge in [0, 0.05) is 5.69 Å². The maximum Gasteiger partial charge on any atom is 0.259 e. The van der Waals surface area contributed by atoms with Gasteiger partial charge in [0.1, 0.15) is 5.76 Å². The van der Waals surface area contributed by atoms with Gasteiger partial charge >= 0.3 is 0 Å². The van der Waals surface area contributed by atoms with Gasteiger partial charge < -0.3 is 9.73 Å². The van der Waals surface area contributed by atoms with Gasteiger partial charge in [-0.3, -0.25) is 4.79 Å². The molecule has 5 nitrogen and oxygen atoms in total. The average molecular weight is 333 g/mol. The van der Waals surface area contributed by atoms with Gasteiger partial charge in [0.2, 0.25) is 0 Å². The van der Waals surface area contributed by atoms with Gasteiger partial charge in [0.15, 0.2) is 0 Å². The molecule has 0 saturated heterocycles. The number of hydrogen-bond donors (Lipinski definition) is 2. The average Bonchev–Trinajstić information content (AvgIpc) is 3.16. The predicted octanol–water partition coefficient (Wildman–Crippen LogP) is 4.05. The Kier molecular flexibility index (Phi) is 5.26. The van der Waals surface area contributed by atoms with E-state index in [0.29, 0.717) is 5.71 Å². The van der Waals surface area contributed by atoms with Crippen LogP contribution in [0.1, 0.15) is 12.7 Å². The van der Waals surface area contributed by atoms with Crippen molar-refractivity contribution >= 4 is 34.2 Å². The first-order valence-electron chi connectivity index (χ1n) is 7.98. The molecule has 1 heterocycles. The number of hydrogen-bond acceptors (Lipinski definition) is 4. The summed E-state index contributed by atoms with van der Waals surface area (Å²) in [5, 5.41) is 9.43. The second-order valence-corrected chi connectivity index (χ2v) is 5.55. The molecule has 0 unspecified atom stereocenters. The maximum absolute atomic E-state index is 11.9. The molecule has 0 bridgehead atoms. The van der Waals surface area contributed by atoms with Gasteiger partial charge in [0.05, 0.1) is 18.5 Å². The van der Waals surface area contributed by atoms with Crippen molar-refractivity contribution in [2.24, 2.45) is 5.10 Å². The van der Waals surface area contributed by atoms with Crippen molar-refractivity contribution in [2.45, 2.75) is 6.92 Å². The van der Waals surface area contributed by atoms with E-state index in [1.807, 2.05) is 48.5 Å². The number of allylic oxidation sites excluding steroid dienone is 1. The van der Waals surface area contributed by atoms with Crippen LogP contribution in [-0.4, -0.2) is 18.2 Å². The van der Waals surface area contributed by atoms with Gasteiger partial charge in [-0.1, -0.05) is 30.3 Å². The third-order valence-electron chi connectivity index (χ3n) is 3.59. The van der Waals surface area contributed by atoms with Gasteiger partial charge in [-0.05, 0) is 54.1 Å². The van der Waals surface area contributed by atoms with E-state index in [1.165, 1.54) is 5.39 Å². The molecule has 2 N–H and O–H groups in total. The lowest BCUT2D eigenvalue weighted by Crippen LogP contribution is -2.26. The summed E-state index contributed by atoms with van der Waals surface area (Å²) >= 11 is 0. The number of benzene rings is 2. The third-order valence-corrected chi connectivity index (χ3v) is 3.59. The highest BCUT2D eigenvalue weighted by atomic mass is 16.3. The zero-order valence-electron chi connectivity index (χ0n) is 13.9. The topological polar surface area (TPSA) is 66.6 Å². The highest BCUT2D eigenvalue weighted by Crippen LogP contribution is 2.18. The Hall–Kier alpha value is -3.34. The standard InChI is InChI=1S/C20H19N3O2/c1-15(8-11-19-7-4-12-25-19)22-23-20(24)14-21-18-10-9-16-5-2-3-6-17(16)13-18/h2-13,21H,14H2,1H3,(H,23,24)/b11-8+,22-15?. The zero-order chi connectivity index (χ0) is 17.5. The molecular weight excluding hydrogens is 314 g/mol. The summed E-state index contributed by atoms with van der Waals surface area (Å²) in [5.74, 6) is 0.526. The molecule has 25 heavy (non-hydrogen) atoms. The van der Waals surface area contributed by atoms with Crippen molar-refractivity contribution in [3.05, 3.63) is 72.7 Å². The van der Waals surface area contributed by atoms with E-state index in [-0.39, 0.29) is 12.5 Å². The highest BCUT2D eigenvalue weighted by Gasteiger charge is 2.01. The van der Waals surface area contributed by atoms with Crippen molar-refractivity contribution in [3.63, 3.8) is 0 Å². The Bertz CT molecular complexity index is 912. The molecular formula is C20H19N3O2. The molecule has 0 radical (unpaired) electrons. The summed E-state index contributed by atoms with van der Waals surface area (Å²) in [7, 11) is 0. The fourth-order valence-corrected chi connectivity index (χ4v) is 2.30. The third kappa shape index (κ3) is 4.81. The molecule has 0 aliphatic rings. The Balaban J connectivity index is 1.50. The molecule has 0 atom stereocenters. The fraction of sp³-hybridized carbons (Fsp3) is 0.100. The van der Waals surface area contributed by atoms with Crippen molar-refractivity contribution in [3.8, 4) is 0 Å². The van der Waals surface area contributed by atoms with E-state index in [0.717, 1.165) is 16.8 Å². The van der Waals surface area contributed by atoms with E-state index < -0.39 is 0 Å². The lowest BCUT2D eigenvalue weighted by Gasteiger charge is -2.07. The van der Waals surface area contributed by atoms with E-state index in [2.05, 4.69) is 21.9 Å². The Morgan fingerprint density at radius 2 is 1.96 bits per heavy atom. The molecule has 3 rings (SSSR count). The molecule has 0 aliphatic carbocycles. The van der Waals surface area contributed by atoms with Crippen LogP contribution >= 0.6 is 0 Å². The van der Waals surface area contributed by atoms with Crippen LogP contribution in [0.4, 0.5) is 5.69 Å². The number of hydrazone groups is 1. The SMILES string of the molecule is CC(/C=C/c1ccco1)=NNC(=O)CNc1ccc2ccccc2c1. The molecule has 1 amide bonds. The first-order chi connectivity index (χ1) is 12.2. The number of nitrogens with one attached hydrogen (secondary N) is 2. The number of amides is 1. The number of fused-ring (bicyclic) bond motifs is 1. The number of anilines is 1. The summed E-state index contributed by atoms with van der Waals surface area (Å²) in [5.41, 5.74) is 4.10. The monoisotopic (exact) mass is 333 g/mol. The maximum atomic E-state index is 11.9. The second-order valence-electron chi connectivity index (χ2n) is 5.55. The number of rotatable bonds is 6. The number of nitrogens with zero attached hydrogens (tertiary/aromatic N) is 1. The Morgan fingerprint density at radius 3 is 2.76 bits per heavy atom. The van der Waals surface area contributed by atoms with Crippen LogP contribution in [0.15, 0.2) is 76.5 Å². The van der Waals surface area contributed by atoms with E-state index in [4.69, 9.17) is 4.42 Å². The van der Waals surface area contributed by atoms with Crippen molar-refractivity contribution in [2.75, 3.05) is 11.9 Å². The van der Waals surface area contributed by atoms with Crippen molar-refractivity contribution in [1.29, 1.82) is 0 Å². The molecule has 2 aromatic carbocycles. The minimum atomic E-state index is -0.209. The lowest BCUT2D eigenvalue weighted by molar-refractivity contribution is -0.119. The second kappa shape index (κ2) is 7.97. The number of carbonyl (C=O) groups is 1. The van der Waals surface area contributed by atoms with Crippen molar-refractivity contribution in [1.82, 2.24) is 5.43 Å². The lowest BCUT2D eigenvalue weighted by atomic mass is 10.1. The normalized spacial score (nSPS) is 11.8. The number of furan rings is 1. The molecule has 0 saturated carbocycles. The first kappa shape index (κ1) is 16.5. The van der Waals surface area contributed by atoms with Crippen LogP contribution in [-0.2, 0) is 4.79 Å². The molecule has 0 aliphatic heterocycles. The van der Waals surface area contributed by atoms with Gasteiger partial charge in [0.25, 0.3) is 5.91 Å². The summed E-state index contributed by atoms with van der Waals surface area (Å²) in [6.07, 6.45) is 5.17. The van der Waals surface area contributed by atoms with Crippen LogP contribution in [0.5, 0.6) is 0 Å². The quantitative estimate of drug-likeness (QED) is 0.528. The molecule has 0 fully saturated rings. The predicted molar refractivity (Wildman–Crippen MR) is 101 cm³/mol. The molecule has 3 aromatic rings. The molecule has 5 heteroatoms. The Labute approximate surface area is 146 Å². The minimum absolute atomic E-state index is 0.150. The van der Waals surface area contributed by atoms with E-state index >= 15 is 0 Å². The molecule has 0 spiro atoms. The molecule has 1 aromatic heterocycles. The zero-order valence-corrected chi connectivity index (χ0v) is 13.9. The van der Waals surface area contributed by atoms with Crippen molar-refractivity contribution < 1.29 is 9.21 Å². The smallest absolute Gasteiger partial charge is 0.259 e. The van der Waals surface area contributed by atoms with E-state index in [1.54, 1.807) is 25.3 Å². The van der Waals surface area contributed by atoms with Gasteiger partial charge in [-0.2, -0.15) is 5.10 Å². The summed E-state index contributed by atoms with van der Waals surface area (Å²) in [6, 6.07) is 17.7. The number of carbonyl (C=O) groups excluding carboxylic acids is 1. The van der Waals surface area contributed by atoms with Gasteiger partial charge in [-0.25, -0.2) is 5.43 Å². The van der Waals surface area contributed by atoms with Crippen LogP contribution in [0, 0.1) is 0 Å². The van der Waals surface area contributed by atoms with Gasteiger partial charge in [-0.15, -0.1) is 0 Å². The fourth-order valence-electron chi connectivity index (χ4n) is 2.30. The van der Waals surface area contributed by atoms with Crippen LogP contribution < -0.4 is 10.7 Å². The van der Waals surface area contributed by atoms with Crippen LogP contribution in [0.3, 0.4) is 0 Å². The van der Waals surface area contributed by atoms with Crippen LogP contribution in [0.2, 0.25) is 0 Å². The summed E-state index contributed by atoms with van der Waals surface area (Å²) in [4.78, 5) is 11.9. The van der Waals surface area contributed by atoms with E-state index in [9.17, 15) is 4.79 Å². The molecule has 126 valence electrons. The highest BCUT2D eigenvalue weighted by molar-refractivity contribution is 5.97. The first-order valence-corrected chi connectivity index (χ1v) is 7.98. The Morgan fingerprint density at radius 1 is 1.12 bits per heavy atom.